The number of rotatable bonds is 9. The van der Waals surface area contributed by atoms with Gasteiger partial charge in [0, 0.05) is 28.6 Å². The van der Waals surface area contributed by atoms with Crippen LogP contribution in [0.15, 0.2) is 77.7 Å². The van der Waals surface area contributed by atoms with Gasteiger partial charge >= 0.3 is 0 Å². The first kappa shape index (κ1) is 26.1. The van der Waals surface area contributed by atoms with Gasteiger partial charge in [0.05, 0.1) is 10.6 Å². The Hall–Kier alpha value is -3.00. The molecule has 8 heteroatoms. The van der Waals surface area contributed by atoms with Crippen LogP contribution < -0.4 is 10.0 Å². The van der Waals surface area contributed by atoms with Crippen LogP contribution in [-0.4, -0.2) is 26.2 Å². The van der Waals surface area contributed by atoms with Crippen LogP contribution in [0.2, 0.25) is 5.02 Å². The first-order chi connectivity index (χ1) is 17.3. The van der Waals surface area contributed by atoms with Crippen molar-refractivity contribution in [2.75, 3.05) is 5.32 Å². The van der Waals surface area contributed by atoms with E-state index in [1.165, 1.54) is 0 Å². The van der Waals surface area contributed by atoms with E-state index >= 15 is 0 Å². The number of ketones is 1. The third-order valence-corrected chi connectivity index (χ3v) is 8.11. The summed E-state index contributed by atoms with van der Waals surface area (Å²) in [5.41, 5.74) is 2.07. The number of hydrogen-bond acceptors (Lipinski definition) is 4. The van der Waals surface area contributed by atoms with Gasteiger partial charge in [0.25, 0.3) is 0 Å². The summed E-state index contributed by atoms with van der Waals surface area (Å²) in [4.78, 5) is 25.9. The van der Waals surface area contributed by atoms with E-state index < -0.39 is 10.0 Å². The van der Waals surface area contributed by atoms with Gasteiger partial charge in [0.15, 0.2) is 5.78 Å². The van der Waals surface area contributed by atoms with Crippen LogP contribution in [0, 0.1) is 0 Å². The highest BCUT2D eigenvalue weighted by molar-refractivity contribution is 7.89. The largest absolute Gasteiger partial charge is 0.325 e. The fraction of sp³-hybridized carbons (Fsp3) is 0.286. The number of benzene rings is 3. The Bertz CT molecular complexity index is 1320. The van der Waals surface area contributed by atoms with E-state index in [9.17, 15) is 18.0 Å². The van der Waals surface area contributed by atoms with Crippen molar-refractivity contribution in [1.29, 1.82) is 0 Å². The Kier molecular flexibility index (Phi) is 8.56. The minimum atomic E-state index is -3.56. The highest BCUT2D eigenvalue weighted by Gasteiger charge is 2.22. The molecule has 1 aliphatic rings. The quantitative estimate of drug-likeness (QED) is 0.348. The Morgan fingerprint density at radius 2 is 1.58 bits per heavy atom. The third-order valence-electron chi connectivity index (χ3n) is 6.34. The Balaban J connectivity index is 1.37. The maximum atomic E-state index is 13.0. The smallest absolute Gasteiger partial charge is 0.240 e. The fourth-order valence-corrected chi connectivity index (χ4v) is 5.85. The minimum absolute atomic E-state index is 0.00125. The molecule has 0 saturated heterocycles. The van der Waals surface area contributed by atoms with Crippen molar-refractivity contribution in [3.05, 3.63) is 94.5 Å². The van der Waals surface area contributed by atoms with Gasteiger partial charge in [-0.15, -0.1) is 0 Å². The lowest BCUT2D eigenvalue weighted by Gasteiger charge is -2.22. The van der Waals surface area contributed by atoms with E-state index in [0.29, 0.717) is 28.3 Å². The van der Waals surface area contributed by atoms with Gasteiger partial charge in [-0.25, -0.2) is 13.1 Å². The molecule has 36 heavy (non-hydrogen) atoms. The first-order valence-corrected chi connectivity index (χ1v) is 14.0. The second kappa shape index (κ2) is 11.8. The predicted molar refractivity (Wildman–Crippen MR) is 142 cm³/mol. The number of anilines is 1. The number of nitrogens with one attached hydrogen (secondary N) is 2. The van der Waals surface area contributed by atoms with Crippen LogP contribution in [0.1, 0.15) is 60.0 Å². The van der Waals surface area contributed by atoms with E-state index in [1.54, 1.807) is 66.7 Å². The number of aryl methyl sites for hydroxylation is 1. The first-order valence-electron chi connectivity index (χ1n) is 12.1. The maximum Gasteiger partial charge on any atom is 0.240 e. The van der Waals surface area contributed by atoms with Crippen molar-refractivity contribution in [2.24, 2.45) is 0 Å². The number of hydrogen-bond donors (Lipinski definition) is 2. The molecule has 0 spiro atoms. The van der Waals surface area contributed by atoms with E-state index in [2.05, 4.69) is 10.0 Å². The maximum absolute atomic E-state index is 13.0. The second-order valence-corrected chi connectivity index (χ2v) is 11.2. The van der Waals surface area contributed by atoms with Gasteiger partial charge in [-0.1, -0.05) is 73.3 Å². The van der Waals surface area contributed by atoms with E-state index in [0.717, 1.165) is 37.7 Å². The molecule has 3 aromatic rings. The SMILES string of the molecule is O=C(CCc1ccc(S(=O)(=O)NC2CCCCC2)cc1)Nc1ccc(Cl)cc1C(=O)c1ccccc1. The van der Waals surface area contributed by atoms with Gasteiger partial charge in [-0.05, 0) is 55.2 Å². The van der Waals surface area contributed by atoms with E-state index in [1.807, 2.05) is 6.07 Å². The average Bonchev–Trinajstić information content (AvgIpc) is 2.89. The highest BCUT2D eigenvalue weighted by atomic mass is 35.5. The van der Waals surface area contributed by atoms with Crippen LogP contribution in [0.4, 0.5) is 5.69 Å². The molecule has 0 unspecified atom stereocenters. The molecule has 4 rings (SSSR count). The van der Waals surface area contributed by atoms with Crippen molar-refractivity contribution in [1.82, 2.24) is 4.72 Å². The molecular weight excluding hydrogens is 496 g/mol. The average molecular weight is 525 g/mol. The molecule has 1 amide bonds. The Morgan fingerprint density at radius 1 is 0.889 bits per heavy atom. The monoisotopic (exact) mass is 524 g/mol. The zero-order chi connectivity index (χ0) is 25.5. The molecule has 6 nitrogen and oxygen atoms in total. The van der Waals surface area contributed by atoms with Crippen molar-refractivity contribution in [2.45, 2.75) is 55.9 Å². The Morgan fingerprint density at radius 3 is 2.28 bits per heavy atom. The lowest BCUT2D eigenvalue weighted by Crippen LogP contribution is -2.36. The summed E-state index contributed by atoms with van der Waals surface area (Å²) in [7, 11) is -3.56. The molecule has 0 aliphatic heterocycles. The standard InChI is InChI=1S/C28H29ClN2O4S/c29-22-14-17-26(25(19-22)28(33)21-7-3-1-4-8-21)30-27(32)18-13-20-11-15-24(16-12-20)36(34,35)31-23-9-5-2-6-10-23/h1,3-4,7-8,11-12,14-17,19,23,31H,2,5-6,9-10,13,18H2,(H,30,32). The molecule has 0 bridgehead atoms. The number of halogens is 1. The summed E-state index contributed by atoms with van der Waals surface area (Å²) >= 11 is 6.11. The normalized spacial score (nSPS) is 14.4. The summed E-state index contributed by atoms with van der Waals surface area (Å²) in [6.07, 6.45) is 5.60. The van der Waals surface area contributed by atoms with Crippen LogP contribution >= 0.6 is 11.6 Å². The summed E-state index contributed by atoms with van der Waals surface area (Å²) in [5, 5.41) is 3.22. The Labute approximate surface area is 217 Å². The van der Waals surface area contributed by atoms with Crippen LogP contribution in [0.25, 0.3) is 0 Å². The van der Waals surface area contributed by atoms with Gasteiger partial charge in [0.1, 0.15) is 0 Å². The van der Waals surface area contributed by atoms with Crippen LogP contribution in [0.3, 0.4) is 0 Å². The van der Waals surface area contributed by atoms with Crippen molar-refractivity contribution >= 4 is 39.0 Å². The topological polar surface area (TPSA) is 92.3 Å². The molecule has 2 N–H and O–H groups in total. The van der Waals surface area contributed by atoms with Gasteiger partial charge in [0.2, 0.25) is 15.9 Å². The number of sulfonamides is 1. The van der Waals surface area contributed by atoms with Crippen LogP contribution in [-0.2, 0) is 21.2 Å². The van der Waals surface area contributed by atoms with E-state index in [4.69, 9.17) is 11.6 Å². The molecule has 188 valence electrons. The molecule has 1 aliphatic carbocycles. The summed E-state index contributed by atoms with van der Waals surface area (Å²) < 4.78 is 28.2. The molecule has 1 fully saturated rings. The molecule has 0 heterocycles. The molecule has 0 aromatic heterocycles. The zero-order valence-electron chi connectivity index (χ0n) is 19.9. The second-order valence-electron chi connectivity index (χ2n) is 9.03. The van der Waals surface area contributed by atoms with Crippen LogP contribution in [0.5, 0.6) is 0 Å². The molecule has 0 radical (unpaired) electrons. The molecule has 1 saturated carbocycles. The summed E-state index contributed by atoms with van der Waals surface area (Å²) in [6.45, 7) is 0. The fourth-order valence-electron chi connectivity index (χ4n) is 4.37. The lowest BCUT2D eigenvalue weighted by molar-refractivity contribution is -0.116. The van der Waals surface area contributed by atoms with Gasteiger partial charge < -0.3 is 5.32 Å². The zero-order valence-corrected chi connectivity index (χ0v) is 21.4. The third kappa shape index (κ3) is 6.81. The minimum Gasteiger partial charge on any atom is -0.325 e. The summed E-state index contributed by atoms with van der Waals surface area (Å²) in [6, 6.07) is 20.2. The number of carbonyl (C=O) groups is 2. The van der Waals surface area contributed by atoms with Gasteiger partial charge in [-0.2, -0.15) is 0 Å². The summed E-state index contributed by atoms with van der Waals surface area (Å²) in [5.74, 6) is -0.484. The molecule has 0 atom stereocenters. The molecular formula is C28H29ClN2O4S. The van der Waals surface area contributed by atoms with Crippen molar-refractivity contribution < 1.29 is 18.0 Å². The van der Waals surface area contributed by atoms with E-state index in [-0.39, 0.29) is 29.0 Å². The lowest BCUT2D eigenvalue weighted by atomic mass is 9.96. The number of carbonyl (C=O) groups excluding carboxylic acids is 2. The number of amides is 1. The highest BCUT2D eigenvalue weighted by Crippen LogP contribution is 2.24. The van der Waals surface area contributed by atoms with Gasteiger partial charge in [-0.3, -0.25) is 9.59 Å². The molecule has 3 aromatic carbocycles. The predicted octanol–water partition coefficient (Wildman–Crippen LogP) is 5.75. The van der Waals surface area contributed by atoms with Crippen molar-refractivity contribution in [3.8, 4) is 0 Å². The van der Waals surface area contributed by atoms with Crippen molar-refractivity contribution in [3.63, 3.8) is 0 Å².